The highest BCUT2D eigenvalue weighted by molar-refractivity contribution is 6.32. The van der Waals surface area contributed by atoms with Gasteiger partial charge in [-0.2, -0.15) is 0 Å². The van der Waals surface area contributed by atoms with Gasteiger partial charge in [0.15, 0.2) is 0 Å². The van der Waals surface area contributed by atoms with Crippen LogP contribution in [0, 0.1) is 0 Å². The van der Waals surface area contributed by atoms with Gasteiger partial charge in [-0.05, 0) is 29.7 Å². The molecule has 0 aliphatic heterocycles. The zero-order valence-corrected chi connectivity index (χ0v) is 8.21. The highest BCUT2D eigenvalue weighted by Crippen LogP contribution is 2.18. The monoisotopic (exact) mass is 194 g/mol. The summed E-state index contributed by atoms with van der Waals surface area (Å²) in [6.07, 6.45) is 3.41. The van der Waals surface area contributed by atoms with Gasteiger partial charge in [-0.1, -0.05) is 36.7 Å². The van der Waals surface area contributed by atoms with Crippen LogP contribution >= 0.6 is 11.6 Å². The zero-order chi connectivity index (χ0) is 9.68. The smallest absolute Gasteiger partial charge is 0.146 e. The second kappa shape index (κ2) is 4.83. The van der Waals surface area contributed by atoms with Crippen LogP contribution in [-0.2, 0) is 4.79 Å². The van der Waals surface area contributed by atoms with Crippen molar-refractivity contribution in [2.45, 2.75) is 13.3 Å². The summed E-state index contributed by atoms with van der Waals surface area (Å²) in [6, 6.07) is 7.47. The Balaban J connectivity index is 3.02. The van der Waals surface area contributed by atoms with E-state index in [0.29, 0.717) is 5.02 Å². The van der Waals surface area contributed by atoms with Gasteiger partial charge >= 0.3 is 0 Å². The molecule has 1 aromatic carbocycles. The molecule has 0 aliphatic rings. The van der Waals surface area contributed by atoms with Crippen molar-refractivity contribution in [1.29, 1.82) is 0 Å². The van der Waals surface area contributed by atoms with Gasteiger partial charge in [-0.3, -0.25) is 4.79 Å². The van der Waals surface area contributed by atoms with Gasteiger partial charge in [0.25, 0.3) is 0 Å². The molecule has 0 heterocycles. The van der Waals surface area contributed by atoms with E-state index in [2.05, 4.69) is 0 Å². The predicted molar refractivity (Wildman–Crippen MR) is 55.8 cm³/mol. The van der Waals surface area contributed by atoms with Crippen LogP contribution in [-0.4, -0.2) is 6.29 Å². The fourth-order valence-corrected chi connectivity index (χ4v) is 1.20. The highest BCUT2D eigenvalue weighted by atomic mass is 35.5. The maximum Gasteiger partial charge on any atom is 0.146 e. The summed E-state index contributed by atoms with van der Waals surface area (Å²) in [6.45, 7) is 1.94. The molecule has 1 nitrogen and oxygen atoms in total. The Bertz CT molecular complexity index is 329. The molecule has 0 radical (unpaired) electrons. The number of aldehydes is 1. The molecule has 0 saturated heterocycles. The van der Waals surface area contributed by atoms with E-state index in [-0.39, 0.29) is 0 Å². The van der Waals surface area contributed by atoms with Crippen molar-refractivity contribution >= 4 is 24.0 Å². The molecule has 0 aliphatic carbocycles. The van der Waals surface area contributed by atoms with Gasteiger partial charge in [-0.15, -0.1) is 0 Å². The van der Waals surface area contributed by atoms with Crippen LogP contribution in [0.3, 0.4) is 0 Å². The summed E-state index contributed by atoms with van der Waals surface area (Å²) in [5.74, 6) is 0. The van der Waals surface area contributed by atoms with Crippen LogP contribution in [0.25, 0.3) is 6.08 Å². The van der Waals surface area contributed by atoms with Crippen LogP contribution in [0.5, 0.6) is 0 Å². The van der Waals surface area contributed by atoms with Crippen molar-refractivity contribution in [1.82, 2.24) is 0 Å². The van der Waals surface area contributed by atoms with Crippen LogP contribution in [0.4, 0.5) is 0 Å². The van der Waals surface area contributed by atoms with E-state index in [1.165, 1.54) is 0 Å². The topological polar surface area (TPSA) is 17.1 Å². The molecule has 0 N–H and O–H groups in total. The molecule has 0 amide bonds. The average Bonchev–Trinajstić information content (AvgIpc) is 2.17. The van der Waals surface area contributed by atoms with Gasteiger partial charge in [0.2, 0.25) is 0 Å². The van der Waals surface area contributed by atoms with Crippen molar-refractivity contribution in [2.24, 2.45) is 0 Å². The average molecular weight is 195 g/mol. The number of allylic oxidation sites excluding steroid dienone is 1. The summed E-state index contributed by atoms with van der Waals surface area (Å²) in [7, 11) is 0. The van der Waals surface area contributed by atoms with Crippen molar-refractivity contribution in [3.63, 3.8) is 0 Å². The molecule has 0 atom stereocenters. The first-order chi connectivity index (χ1) is 6.27. The quantitative estimate of drug-likeness (QED) is 0.533. The minimum Gasteiger partial charge on any atom is -0.298 e. The number of rotatable bonds is 3. The third-order valence-electron chi connectivity index (χ3n) is 1.81. The number of benzene rings is 1. The van der Waals surface area contributed by atoms with E-state index in [1.54, 1.807) is 0 Å². The van der Waals surface area contributed by atoms with E-state index in [1.807, 2.05) is 37.3 Å². The second-order valence-electron chi connectivity index (χ2n) is 2.71. The van der Waals surface area contributed by atoms with Crippen LogP contribution in [0.1, 0.15) is 18.9 Å². The Hall–Kier alpha value is -1.08. The Morgan fingerprint density at radius 2 is 2.15 bits per heavy atom. The summed E-state index contributed by atoms with van der Waals surface area (Å²) in [5.41, 5.74) is 1.65. The van der Waals surface area contributed by atoms with Crippen LogP contribution in [0.2, 0.25) is 5.02 Å². The molecule has 0 unspecified atom stereocenters. The molecular formula is C11H11ClO. The summed E-state index contributed by atoms with van der Waals surface area (Å²) < 4.78 is 0. The third kappa shape index (κ3) is 2.71. The summed E-state index contributed by atoms with van der Waals surface area (Å²) in [5, 5.41) is 0.676. The van der Waals surface area contributed by atoms with Gasteiger partial charge in [0, 0.05) is 5.02 Å². The standard InChI is InChI=1S/C11H11ClO/c1-2-9(8-13)7-10-5-3-4-6-11(10)12/h3-8H,2H2,1H3/b9-7-. The molecule has 13 heavy (non-hydrogen) atoms. The Morgan fingerprint density at radius 1 is 1.46 bits per heavy atom. The number of carbonyl (C=O) groups is 1. The largest absolute Gasteiger partial charge is 0.298 e. The predicted octanol–water partition coefficient (Wildman–Crippen LogP) is 3.33. The van der Waals surface area contributed by atoms with Crippen molar-refractivity contribution in [3.05, 3.63) is 40.4 Å². The zero-order valence-electron chi connectivity index (χ0n) is 7.46. The lowest BCUT2D eigenvalue weighted by molar-refractivity contribution is -0.104. The maximum absolute atomic E-state index is 10.5. The number of hydrogen-bond acceptors (Lipinski definition) is 1. The van der Waals surface area contributed by atoms with E-state index in [9.17, 15) is 4.79 Å². The van der Waals surface area contributed by atoms with Gasteiger partial charge < -0.3 is 0 Å². The fourth-order valence-electron chi connectivity index (χ4n) is 1.01. The number of carbonyl (C=O) groups excluding carboxylic acids is 1. The molecule has 0 aromatic heterocycles. The van der Waals surface area contributed by atoms with Crippen molar-refractivity contribution in [3.8, 4) is 0 Å². The number of halogens is 1. The lowest BCUT2D eigenvalue weighted by atomic mass is 10.1. The molecule has 0 spiro atoms. The molecule has 0 saturated carbocycles. The van der Waals surface area contributed by atoms with Gasteiger partial charge in [0.05, 0.1) is 0 Å². The van der Waals surface area contributed by atoms with E-state index >= 15 is 0 Å². The van der Waals surface area contributed by atoms with E-state index < -0.39 is 0 Å². The van der Waals surface area contributed by atoms with Crippen molar-refractivity contribution in [2.75, 3.05) is 0 Å². The minimum absolute atomic E-state index is 0.676. The lowest BCUT2D eigenvalue weighted by Gasteiger charge is -1.98. The first-order valence-electron chi connectivity index (χ1n) is 4.18. The fraction of sp³-hybridized carbons (Fsp3) is 0.182. The molecular weight excluding hydrogens is 184 g/mol. The van der Waals surface area contributed by atoms with Crippen molar-refractivity contribution < 1.29 is 4.79 Å². The van der Waals surface area contributed by atoms with E-state index in [4.69, 9.17) is 11.6 Å². The van der Waals surface area contributed by atoms with Gasteiger partial charge in [-0.25, -0.2) is 0 Å². The Kier molecular flexibility index (Phi) is 3.71. The molecule has 2 heteroatoms. The number of hydrogen-bond donors (Lipinski definition) is 0. The normalized spacial score (nSPS) is 11.4. The summed E-state index contributed by atoms with van der Waals surface area (Å²) >= 11 is 5.92. The van der Waals surface area contributed by atoms with E-state index in [0.717, 1.165) is 23.8 Å². The first kappa shape index (κ1) is 10.0. The molecule has 0 bridgehead atoms. The first-order valence-corrected chi connectivity index (χ1v) is 4.56. The maximum atomic E-state index is 10.5. The lowest BCUT2D eigenvalue weighted by Crippen LogP contribution is -1.82. The molecule has 0 fully saturated rings. The minimum atomic E-state index is 0.676. The second-order valence-corrected chi connectivity index (χ2v) is 3.12. The van der Waals surface area contributed by atoms with Crippen LogP contribution < -0.4 is 0 Å². The highest BCUT2D eigenvalue weighted by Gasteiger charge is 1.96. The Morgan fingerprint density at radius 3 is 2.69 bits per heavy atom. The van der Waals surface area contributed by atoms with Gasteiger partial charge in [0.1, 0.15) is 6.29 Å². The van der Waals surface area contributed by atoms with Crippen LogP contribution in [0.15, 0.2) is 29.8 Å². The third-order valence-corrected chi connectivity index (χ3v) is 2.15. The SMILES string of the molecule is CC/C(C=O)=C/c1ccccc1Cl. The summed E-state index contributed by atoms with van der Waals surface area (Å²) in [4.78, 5) is 10.5. The molecule has 1 aromatic rings. The molecule has 1 rings (SSSR count). The Labute approximate surface area is 83.0 Å². The molecule has 68 valence electrons.